The van der Waals surface area contributed by atoms with E-state index in [1.165, 1.54) is 88.2 Å². The second-order valence-corrected chi connectivity index (χ2v) is 19.2. The van der Waals surface area contributed by atoms with Crippen molar-refractivity contribution in [1.29, 1.82) is 0 Å². The molecule has 0 amide bonds. The molecule has 19 rings (SSSR count). The molecule has 11 heterocycles. The smallest absolute Gasteiger partial charge is 0.322 e. The monoisotopic (exact) mass is 838 g/mol. The fourth-order valence-electron chi connectivity index (χ4n) is 15.1. The fourth-order valence-corrected chi connectivity index (χ4v) is 15.1. The number of para-hydroxylation sites is 2. The van der Waals surface area contributed by atoms with E-state index in [0.29, 0.717) is 0 Å². The zero-order valence-electron chi connectivity index (χ0n) is 34.9. The molecule has 66 heavy (non-hydrogen) atoms. The van der Waals surface area contributed by atoms with Crippen LogP contribution in [0.25, 0.3) is 77.5 Å². The topological polar surface area (TPSA) is 52.6 Å². The molecule has 300 valence electrons. The Bertz CT molecular complexity index is 4100. The van der Waals surface area contributed by atoms with Crippen LogP contribution < -0.4 is 13.9 Å². The minimum atomic E-state index is -0.969. The lowest BCUT2D eigenvalue weighted by Crippen LogP contribution is -2.78. The molecule has 6 aromatic carbocycles. The van der Waals surface area contributed by atoms with Crippen molar-refractivity contribution in [3.8, 4) is 45.1 Å². The van der Waals surface area contributed by atoms with E-state index in [1.54, 1.807) is 0 Å². The van der Waals surface area contributed by atoms with Crippen molar-refractivity contribution in [3.05, 3.63) is 238 Å². The Morgan fingerprint density at radius 1 is 0.394 bits per heavy atom. The van der Waals surface area contributed by atoms with E-state index >= 15 is 0 Å². The molecule has 0 radical (unpaired) electrons. The first-order chi connectivity index (χ1) is 32.8. The highest BCUT2D eigenvalue weighted by molar-refractivity contribution is 6.13. The number of aromatic nitrogens is 6. The Labute approximate surface area is 375 Å². The van der Waals surface area contributed by atoms with Gasteiger partial charge in [-0.25, -0.2) is 0 Å². The second kappa shape index (κ2) is 9.84. The Kier molecular flexibility index (Phi) is 4.78. The zero-order chi connectivity index (χ0) is 42.2. The molecule has 0 unspecified atom stereocenters. The van der Waals surface area contributed by atoms with Crippen LogP contribution in [0.3, 0.4) is 0 Å². The first-order valence-electron chi connectivity index (χ1n) is 22.9. The van der Waals surface area contributed by atoms with Crippen molar-refractivity contribution in [3.63, 3.8) is 0 Å². The molecule has 2 aliphatic carbocycles. The van der Waals surface area contributed by atoms with Crippen LogP contribution in [0.5, 0.6) is 11.5 Å². The van der Waals surface area contributed by atoms with Crippen LogP contribution in [0.2, 0.25) is 0 Å². The summed E-state index contributed by atoms with van der Waals surface area (Å²) in [6.07, 6.45) is 8.69. The zero-order valence-corrected chi connectivity index (χ0v) is 34.9. The van der Waals surface area contributed by atoms with Crippen molar-refractivity contribution in [2.45, 2.75) is 16.5 Å². The van der Waals surface area contributed by atoms with Crippen molar-refractivity contribution in [2.75, 3.05) is 0 Å². The number of nitrogens with zero attached hydrogens (tertiary/aromatic N) is 6. The van der Waals surface area contributed by atoms with Crippen LogP contribution in [0.4, 0.5) is 0 Å². The van der Waals surface area contributed by atoms with Crippen molar-refractivity contribution in [1.82, 2.24) is 19.1 Å². The van der Waals surface area contributed by atoms with Gasteiger partial charge in [0, 0.05) is 21.9 Å². The fraction of sp³-hybridized carbons (Fsp3) is 0.0508. The Morgan fingerprint density at radius 2 is 0.773 bits per heavy atom. The number of hydrogen-bond donors (Lipinski definition) is 0. The minimum absolute atomic E-state index is 0.695. The summed E-state index contributed by atoms with van der Waals surface area (Å²) < 4.78 is 17.7. The quantitative estimate of drug-likeness (QED) is 0.143. The normalized spacial score (nSPS) is 16.7. The van der Waals surface area contributed by atoms with Gasteiger partial charge in [-0.2, -0.15) is 18.3 Å². The van der Waals surface area contributed by atoms with E-state index in [-0.39, 0.29) is 0 Å². The SMILES string of the molecule is c1ccc2c(c1)-c1ccccc1C21c2ncc3c4c2-n2c5c1cccc5c1ccc[n+](c12)C41c2c(cnc4c2-n2c5c(cccc5c5ccc[n+]1c52)C41c2ccccc2-c2ccccc21)O3. The maximum Gasteiger partial charge on any atom is 0.322 e. The van der Waals surface area contributed by atoms with Crippen LogP contribution in [0.15, 0.2) is 183 Å². The lowest BCUT2D eigenvalue weighted by atomic mass is 9.65. The lowest BCUT2D eigenvalue weighted by molar-refractivity contribution is -0.954. The summed E-state index contributed by atoms with van der Waals surface area (Å²) >= 11 is 0. The Hall–Kier alpha value is -8.68. The van der Waals surface area contributed by atoms with E-state index in [0.717, 1.165) is 56.7 Å². The summed E-state index contributed by atoms with van der Waals surface area (Å²) in [5, 5.41) is 4.86. The van der Waals surface area contributed by atoms with Gasteiger partial charge in [0.05, 0.1) is 46.4 Å². The molecule has 0 N–H and O–H groups in total. The molecule has 0 saturated heterocycles. The predicted octanol–water partition coefficient (Wildman–Crippen LogP) is 10.6. The van der Waals surface area contributed by atoms with Crippen LogP contribution >= 0.6 is 0 Å². The van der Waals surface area contributed by atoms with Gasteiger partial charge in [0.15, 0.2) is 22.9 Å². The molecule has 5 aliphatic heterocycles. The van der Waals surface area contributed by atoms with Gasteiger partial charge in [0.25, 0.3) is 11.3 Å². The van der Waals surface area contributed by atoms with Gasteiger partial charge in [-0.15, -0.1) is 0 Å². The Balaban J connectivity index is 1.09. The molecule has 7 nitrogen and oxygen atoms in total. The minimum Gasteiger partial charge on any atom is -0.452 e. The summed E-state index contributed by atoms with van der Waals surface area (Å²) in [4.78, 5) is 11.4. The van der Waals surface area contributed by atoms with Gasteiger partial charge >= 0.3 is 5.66 Å². The molecule has 7 aliphatic rings. The first-order valence-corrected chi connectivity index (χ1v) is 22.9. The standard InChI is InChI=1S/C59H30N6O/c1-5-21-39-31(13-1)32-14-2-6-22-40(32)57(39)43-25-9-17-35-37-19-11-27-62-55(37)64(49(35)43)51-47-45(29-60-53(51)57)66-46-30-61-54-52-48(46)59(47,62)63-28-12-20-38-36-18-10-26-44(50(36)65(52)56(38)63)58(54)41-23-7-3-15-33(41)34-16-4-8-24-42(34)58/h1-30H/q+2. The number of fused-ring (bicyclic) bond motifs is 16. The maximum atomic E-state index is 7.42. The molecular formula is C59H30N6O+2. The van der Waals surface area contributed by atoms with Crippen LogP contribution in [-0.2, 0) is 16.5 Å². The number of benzene rings is 6. The van der Waals surface area contributed by atoms with Crippen LogP contribution in [-0.4, -0.2) is 19.1 Å². The van der Waals surface area contributed by atoms with Gasteiger partial charge in [-0.05, 0) is 80.9 Å². The highest BCUT2D eigenvalue weighted by atomic mass is 16.5. The first kappa shape index (κ1) is 32.0. The van der Waals surface area contributed by atoms with E-state index in [1.807, 2.05) is 12.4 Å². The van der Waals surface area contributed by atoms with Crippen molar-refractivity contribution in [2.24, 2.45) is 0 Å². The van der Waals surface area contributed by atoms with Gasteiger partial charge < -0.3 is 4.74 Å². The van der Waals surface area contributed by atoms with Crippen molar-refractivity contribution < 1.29 is 13.9 Å². The molecule has 0 fully saturated rings. The summed E-state index contributed by atoms with van der Waals surface area (Å²) in [6.45, 7) is 0. The number of hydrogen-bond acceptors (Lipinski definition) is 3. The molecule has 3 spiro atoms. The van der Waals surface area contributed by atoms with E-state index in [9.17, 15) is 0 Å². The highest BCUT2D eigenvalue weighted by Crippen LogP contribution is 2.67. The largest absolute Gasteiger partial charge is 0.452 e. The number of ether oxygens (including phenoxy) is 1. The average molecular weight is 839 g/mol. The Morgan fingerprint density at radius 3 is 1.20 bits per heavy atom. The number of rotatable bonds is 0. The molecule has 12 aromatic rings. The second-order valence-electron chi connectivity index (χ2n) is 19.2. The molecule has 0 atom stereocenters. The van der Waals surface area contributed by atoms with Crippen molar-refractivity contribution >= 4 is 43.9 Å². The van der Waals surface area contributed by atoms with E-state index in [4.69, 9.17) is 14.7 Å². The van der Waals surface area contributed by atoms with E-state index in [2.05, 4.69) is 188 Å². The third kappa shape index (κ3) is 2.80. The van der Waals surface area contributed by atoms with Gasteiger partial charge in [-0.1, -0.05) is 121 Å². The summed E-state index contributed by atoms with van der Waals surface area (Å²) in [5.74, 6) is 1.48. The van der Waals surface area contributed by atoms with Crippen LogP contribution in [0, 0.1) is 0 Å². The van der Waals surface area contributed by atoms with Gasteiger partial charge in [-0.3, -0.25) is 9.97 Å². The number of pyridine rings is 4. The predicted molar refractivity (Wildman–Crippen MR) is 251 cm³/mol. The third-order valence-electron chi connectivity index (χ3n) is 17.0. The lowest BCUT2D eigenvalue weighted by Gasteiger charge is -2.45. The molecular weight excluding hydrogens is 809 g/mol. The van der Waals surface area contributed by atoms with Gasteiger partial charge in [0.2, 0.25) is 0 Å². The van der Waals surface area contributed by atoms with Gasteiger partial charge in [0.1, 0.15) is 33.5 Å². The van der Waals surface area contributed by atoms with Crippen LogP contribution in [0.1, 0.15) is 55.9 Å². The average Bonchev–Trinajstić information content (AvgIpc) is 4.09. The molecule has 7 heteroatoms. The molecule has 0 bridgehead atoms. The molecule has 6 aromatic heterocycles. The maximum absolute atomic E-state index is 7.42. The highest BCUT2D eigenvalue weighted by Gasteiger charge is 2.70. The van der Waals surface area contributed by atoms with E-state index < -0.39 is 16.5 Å². The molecule has 0 saturated carbocycles. The summed E-state index contributed by atoms with van der Waals surface area (Å²) in [5.41, 5.74) is 21.3. The summed E-state index contributed by atoms with van der Waals surface area (Å²) in [7, 11) is 0. The third-order valence-corrected chi connectivity index (χ3v) is 17.0. The summed E-state index contributed by atoms with van der Waals surface area (Å²) in [6, 6.07) is 59.1.